The van der Waals surface area contributed by atoms with E-state index in [1.807, 2.05) is 0 Å². The molecule has 1 aromatic rings. The quantitative estimate of drug-likeness (QED) is 0.745. The van der Waals surface area contributed by atoms with Gasteiger partial charge in [0.2, 0.25) is 10.0 Å². The highest BCUT2D eigenvalue weighted by molar-refractivity contribution is 9.10. The lowest BCUT2D eigenvalue weighted by molar-refractivity contribution is 0.189. The van der Waals surface area contributed by atoms with Gasteiger partial charge in [-0.3, -0.25) is 4.98 Å². The smallest absolute Gasteiger partial charge is 0.244 e. The third-order valence-corrected chi connectivity index (χ3v) is 4.47. The topological polar surface area (TPSA) is 59.5 Å². The summed E-state index contributed by atoms with van der Waals surface area (Å²) in [7, 11) is -0.319. The van der Waals surface area contributed by atoms with E-state index in [1.165, 1.54) is 16.6 Å². The Balaban J connectivity index is 2.80. The van der Waals surface area contributed by atoms with Crippen LogP contribution in [0.15, 0.2) is 27.8 Å². The van der Waals surface area contributed by atoms with E-state index in [9.17, 15) is 8.42 Å². The number of sulfonamides is 1. The van der Waals surface area contributed by atoms with Crippen LogP contribution >= 0.6 is 15.9 Å². The highest BCUT2D eigenvalue weighted by Crippen LogP contribution is 2.17. The van der Waals surface area contributed by atoms with Crippen molar-refractivity contribution >= 4 is 26.0 Å². The molecule has 17 heavy (non-hydrogen) atoms. The summed E-state index contributed by atoms with van der Waals surface area (Å²) >= 11 is 3.20. The lowest BCUT2D eigenvalue weighted by Gasteiger charge is -2.16. The third-order valence-electron chi connectivity index (χ3n) is 2.21. The number of methoxy groups -OCH3 is 1. The molecule has 0 unspecified atom stereocenters. The second kappa shape index (κ2) is 6.44. The Morgan fingerprint density at radius 1 is 1.47 bits per heavy atom. The minimum absolute atomic E-state index is 0.187. The average Bonchev–Trinajstić information content (AvgIpc) is 2.29. The number of ether oxygens (including phenoxy) is 1. The molecule has 1 heterocycles. The van der Waals surface area contributed by atoms with Crippen molar-refractivity contribution in [1.29, 1.82) is 0 Å². The molecular weight excluding hydrogens is 308 g/mol. The minimum Gasteiger partial charge on any atom is -0.385 e. The number of aromatic nitrogens is 1. The van der Waals surface area contributed by atoms with Crippen LogP contribution in [0.2, 0.25) is 0 Å². The van der Waals surface area contributed by atoms with Crippen LogP contribution in [0.1, 0.15) is 6.42 Å². The van der Waals surface area contributed by atoms with E-state index < -0.39 is 10.0 Å². The Morgan fingerprint density at radius 2 is 2.18 bits per heavy atom. The number of rotatable bonds is 6. The number of hydrogen-bond donors (Lipinski definition) is 0. The van der Waals surface area contributed by atoms with Gasteiger partial charge in [-0.15, -0.1) is 0 Å². The van der Waals surface area contributed by atoms with Crippen molar-refractivity contribution in [3.63, 3.8) is 0 Å². The summed E-state index contributed by atoms with van der Waals surface area (Å²) in [5.74, 6) is 0. The van der Waals surface area contributed by atoms with Crippen molar-refractivity contribution in [3.8, 4) is 0 Å². The molecule has 0 saturated carbocycles. The molecule has 1 rings (SSSR count). The van der Waals surface area contributed by atoms with E-state index in [4.69, 9.17) is 4.74 Å². The van der Waals surface area contributed by atoms with Gasteiger partial charge in [0.25, 0.3) is 0 Å². The van der Waals surface area contributed by atoms with E-state index in [-0.39, 0.29) is 4.90 Å². The Morgan fingerprint density at radius 3 is 2.76 bits per heavy atom. The predicted molar refractivity (Wildman–Crippen MR) is 68.2 cm³/mol. The molecule has 0 bridgehead atoms. The van der Waals surface area contributed by atoms with Crippen LogP contribution in [0.3, 0.4) is 0 Å². The van der Waals surface area contributed by atoms with E-state index in [0.29, 0.717) is 24.0 Å². The first-order chi connectivity index (χ1) is 7.98. The second-order valence-corrected chi connectivity index (χ2v) is 6.47. The van der Waals surface area contributed by atoms with Gasteiger partial charge in [0, 0.05) is 44.2 Å². The average molecular weight is 323 g/mol. The summed E-state index contributed by atoms with van der Waals surface area (Å²) in [6.45, 7) is 0.958. The number of hydrogen-bond acceptors (Lipinski definition) is 4. The standard InChI is InChI=1S/C10H15BrN2O3S/c1-13(4-3-5-16-2)17(14,15)10-6-9(11)7-12-8-10/h6-8H,3-5H2,1-2H3. The molecule has 96 valence electrons. The molecule has 0 atom stereocenters. The molecule has 0 spiro atoms. The maximum absolute atomic E-state index is 12.1. The normalized spacial score (nSPS) is 12.0. The zero-order chi connectivity index (χ0) is 12.9. The fraction of sp³-hybridized carbons (Fsp3) is 0.500. The first kappa shape index (κ1) is 14.6. The number of halogens is 1. The SMILES string of the molecule is COCCCN(C)S(=O)(=O)c1cncc(Br)c1. The number of pyridine rings is 1. The van der Waals surface area contributed by atoms with Gasteiger partial charge in [-0.1, -0.05) is 0 Å². The molecule has 0 aliphatic heterocycles. The summed E-state index contributed by atoms with van der Waals surface area (Å²) in [6.07, 6.45) is 3.55. The fourth-order valence-corrected chi connectivity index (χ4v) is 2.98. The Kier molecular flexibility index (Phi) is 5.51. The van der Waals surface area contributed by atoms with Crippen LogP contribution in [-0.2, 0) is 14.8 Å². The highest BCUT2D eigenvalue weighted by Gasteiger charge is 2.20. The van der Waals surface area contributed by atoms with Crippen molar-refractivity contribution in [2.75, 3.05) is 27.3 Å². The molecule has 1 aromatic heterocycles. The van der Waals surface area contributed by atoms with Crippen molar-refractivity contribution in [1.82, 2.24) is 9.29 Å². The molecular formula is C10H15BrN2O3S. The van der Waals surface area contributed by atoms with Gasteiger partial charge in [0.05, 0.1) is 0 Å². The van der Waals surface area contributed by atoms with Gasteiger partial charge in [0.15, 0.2) is 0 Å². The lowest BCUT2D eigenvalue weighted by Crippen LogP contribution is -2.28. The molecule has 7 heteroatoms. The maximum atomic E-state index is 12.1. The van der Waals surface area contributed by atoms with Crippen molar-refractivity contribution in [2.24, 2.45) is 0 Å². The molecule has 0 aliphatic carbocycles. The first-order valence-electron chi connectivity index (χ1n) is 5.04. The zero-order valence-corrected chi connectivity index (χ0v) is 12.2. The van der Waals surface area contributed by atoms with E-state index in [2.05, 4.69) is 20.9 Å². The van der Waals surface area contributed by atoms with E-state index in [1.54, 1.807) is 20.4 Å². The molecule has 0 saturated heterocycles. The second-order valence-electron chi connectivity index (χ2n) is 3.51. The summed E-state index contributed by atoms with van der Waals surface area (Å²) in [6, 6.07) is 1.54. The molecule has 0 radical (unpaired) electrons. The molecule has 5 nitrogen and oxygen atoms in total. The summed E-state index contributed by atoms with van der Waals surface area (Å²) < 4.78 is 31.0. The van der Waals surface area contributed by atoms with Gasteiger partial charge >= 0.3 is 0 Å². The van der Waals surface area contributed by atoms with Gasteiger partial charge in [0.1, 0.15) is 4.90 Å². The molecule has 0 fully saturated rings. The maximum Gasteiger partial charge on any atom is 0.244 e. The van der Waals surface area contributed by atoms with E-state index >= 15 is 0 Å². The van der Waals surface area contributed by atoms with E-state index in [0.717, 1.165) is 0 Å². The van der Waals surface area contributed by atoms with Crippen molar-refractivity contribution in [3.05, 3.63) is 22.9 Å². The predicted octanol–water partition coefficient (Wildman–Crippen LogP) is 1.50. The van der Waals surface area contributed by atoms with Crippen LogP contribution in [-0.4, -0.2) is 45.0 Å². The molecule has 0 N–H and O–H groups in total. The zero-order valence-electron chi connectivity index (χ0n) is 9.76. The van der Waals surface area contributed by atoms with Gasteiger partial charge in [-0.05, 0) is 28.4 Å². The molecule has 0 aromatic carbocycles. The van der Waals surface area contributed by atoms with Gasteiger partial charge < -0.3 is 4.74 Å². The Labute approximate surface area is 110 Å². The largest absolute Gasteiger partial charge is 0.385 e. The number of nitrogens with zero attached hydrogens (tertiary/aromatic N) is 2. The third kappa shape index (κ3) is 4.02. The highest BCUT2D eigenvalue weighted by atomic mass is 79.9. The summed E-state index contributed by atoms with van der Waals surface area (Å²) in [5.41, 5.74) is 0. The van der Waals surface area contributed by atoms with Gasteiger partial charge in [-0.2, -0.15) is 0 Å². The summed E-state index contributed by atoms with van der Waals surface area (Å²) in [5, 5.41) is 0. The fourth-order valence-electron chi connectivity index (χ4n) is 1.27. The lowest BCUT2D eigenvalue weighted by atomic mass is 10.5. The van der Waals surface area contributed by atoms with Crippen LogP contribution in [0.4, 0.5) is 0 Å². The Bertz CT molecular complexity index is 464. The molecule has 0 aliphatic rings. The summed E-state index contributed by atoms with van der Waals surface area (Å²) in [4.78, 5) is 4.04. The molecule has 0 amide bonds. The van der Waals surface area contributed by atoms with Crippen LogP contribution in [0.25, 0.3) is 0 Å². The monoisotopic (exact) mass is 322 g/mol. The van der Waals surface area contributed by atoms with Crippen molar-refractivity contribution in [2.45, 2.75) is 11.3 Å². The van der Waals surface area contributed by atoms with Crippen LogP contribution in [0.5, 0.6) is 0 Å². The van der Waals surface area contributed by atoms with Crippen molar-refractivity contribution < 1.29 is 13.2 Å². The minimum atomic E-state index is -3.46. The first-order valence-corrected chi connectivity index (χ1v) is 7.27. The van der Waals surface area contributed by atoms with Gasteiger partial charge in [-0.25, -0.2) is 12.7 Å². The Hall–Kier alpha value is -0.500. The van der Waals surface area contributed by atoms with Crippen LogP contribution in [0, 0.1) is 0 Å². The van der Waals surface area contributed by atoms with Crippen LogP contribution < -0.4 is 0 Å².